The van der Waals surface area contributed by atoms with Crippen molar-refractivity contribution in [2.24, 2.45) is 22.8 Å². The van der Waals surface area contributed by atoms with Crippen LogP contribution in [-0.2, 0) is 9.59 Å². The molecule has 0 aromatic carbocycles. The highest BCUT2D eigenvalue weighted by atomic mass is 16.1. The van der Waals surface area contributed by atoms with E-state index in [9.17, 15) is 9.59 Å². The van der Waals surface area contributed by atoms with Gasteiger partial charge in [0.15, 0.2) is 0 Å². The zero-order chi connectivity index (χ0) is 10.1. The largest absolute Gasteiger partial charge is 0.369 e. The van der Waals surface area contributed by atoms with Crippen molar-refractivity contribution >= 4 is 11.8 Å². The average Bonchev–Trinajstić information content (AvgIpc) is 2.04. The summed E-state index contributed by atoms with van der Waals surface area (Å²) in [5.41, 5.74) is 10.0. The van der Waals surface area contributed by atoms with Crippen molar-refractivity contribution in [3.05, 3.63) is 0 Å². The van der Waals surface area contributed by atoms with Crippen molar-refractivity contribution in [1.82, 2.24) is 0 Å². The predicted molar refractivity (Wildman–Crippen MR) is 48.5 cm³/mol. The minimum atomic E-state index is -0.425. The van der Waals surface area contributed by atoms with Crippen LogP contribution >= 0.6 is 0 Å². The van der Waals surface area contributed by atoms with Crippen LogP contribution in [0.5, 0.6) is 0 Å². The van der Waals surface area contributed by atoms with E-state index in [0.717, 1.165) is 0 Å². The molecular formula is C9H16N2O2. The molecule has 0 radical (unpaired) electrons. The molecule has 1 saturated carbocycles. The summed E-state index contributed by atoms with van der Waals surface area (Å²) >= 11 is 0. The molecule has 4 heteroatoms. The highest BCUT2D eigenvalue weighted by molar-refractivity contribution is 5.81. The Balaban J connectivity index is 2.56. The van der Waals surface area contributed by atoms with Crippen molar-refractivity contribution in [2.75, 3.05) is 0 Å². The third kappa shape index (κ3) is 1.99. The molecule has 13 heavy (non-hydrogen) atoms. The number of carbonyl (C=O) groups is 2. The molecule has 0 heterocycles. The molecular weight excluding hydrogens is 168 g/mol. The first-order valence-electron chi connectivity index (χ1n) is 4.55. The van der Waals surface area contributed by atoms with E-state index in [2.05, 4.69) is 0 Å². The van der Waals surface area contributed by atoms with E-state index in [1.807, 2.05) is 6.92 Å². The molecule has 1 aliphatic rings. The number of primary amides is 2. The first-order valence-corrected chi connectivity index (χ1v) is 4.55. The van der Waals surface area contributed by atoms with Crippen LogP contribution in [0.4, 0.5) is 0 Å². The van der Waals surface area contributed by atoms with Gasteiger partial charge in [0.25, 0.3) is 0 Å². The summed E-state index contributed by atoms with van der Waals surface area (Å²) in [4.78, 5) is 21.9. The smallest absolute Gasteiger partial charge is 0.223 e. The molecule has 0 saturated heterocycles. The Morgan fingerprint density at radius 3 is 2.00 bits per heavy atom. The monoisotopic (exact) mass is 184 g/mol. The molecule has 0 spiro atoms. The Labute approximate surface area is 77.7 Å². The molecule has 0 unspecified atom stereocenters. The zero-order valence-corrected chi connectivity index (χ0v) is 7.88. The SMILES string of the molecule is CC1(C(N)=O)CCC(C(N)=O)CC1. The van der Waals surface area contributed by atoms with E-state index in [1.54, 1.807) is 0 Å². The summed E-state index contributed by atoms with van der Waals surface area (Å²) in [6.45, 7) is 1.85. The maximum atomic E-state index is 11.1. The third-order valence-electron chi connectivity index (χ3n) is 3.09. The first-order chi connectivity index (χ1) is 5.96. The fourth-order valence-electron chi connectivity index (χ4n) is 1.79. The van der Waals surface area contributed by atoms with Crippen molar-refractivity contribution in [1.29, 1.82) is 0 Å². The van der Waals surface area contributed by atoms with E-state index in [4.69, 9.17) is 11.5 Å². The highest BCUT2D eigenvalue weighted by Crippen LogP contribution is 2.38. The van der Waals surface area contributed by atoms with E-state index in [-0.39, 0.29) is 17.7 Å². The minimum Gasteiger partial charge on any atom is -0.369 e. The van der Waals surface area contributed by atoms with Crippen LogP contribution in [0.2, 0.25) is 0 Å². The molecule has 1 aliphatic carbocycles. The van der Waals surface area contributed by atoms with Crippen LogP contribution in [-0.4, -0.2) is 11.8 Å². The second-order valence-electron chi connectivity index (χ2n) is 4.10. The molecule has 1 fully saturated rings. The van der Waals surface area contributed by atoms with Gasteiger partial charge in [-0.2, -0.15) is 0 Å². The van der Waals surface area contributed by atoms with Crippen LogP contribution in [0.15, 0.2) is 0 Å². The molecule has 2 amide bonds. The highest BCUT2D eigenvalue weighted by Gasteiger charge is 2.37. The van der Waals surface area contributed by atoms with Gasteiger partial charge < -0.3 is 11.5 Å². The minimum absolute atomic E-state index is 0.0626. The van der Waals surface area contributed by atoms with Gasteiger partial charge in [0.2, 0.25) is 11.8 Å². The first kappa shape index (κ1) is 10.0. The zero-order valence-electron chi connectivity index (χ0n) is 7.88. The fraction of sp³-hybridized carbons (Fsp3) is 0.778. The Hall–Kier alpha value is -1.06. The van der Waals surface area contributed by atoms with Gasteiger partial charge in [0, 0.05) is 11.3 Å². The van der Waals surface area contributed by atoms with E-state index in [1.165, 1.54) is 0 Å². The second kappa shape index (κ2) is 3.36. The molecule has 1 rings (SSSR count). The van der Waals surface area contributed by atoms with Gasteiger partial charge in [-0.1, -0.05) is 6.92 Å². The van der Waals surface area contributed by atoms with Crippen LogP contribution < -0.4 is 11.5 Å². The fourth-order valence-corrected chi connectivity index (χ4v) is 1.79. The Morgan fingerprint density at radius 2 is 1.69 bits per heavy atom. The lowest BCUT2D eigenvalue weighted by Gasteiger charge is -2.33. The van der Waals surface area contributed by atoms with E-state index < -0.39 is 5.41 Å². The summed E-state index contributed by atoms with van der Waals surface area (Å²) in [7, 11) is 0. The molecule has 0 bridgehead atoms. The third-order valence-corrected chi connectivity index (χ3v) is 3.09. The van der Waals surface area contributed by atoms with Gasteiger partial charge in [-0.15, -0.1) is 0 Å². The van der Waals surface area contributed by atoms with Crippen LogP contribution in [0.25, 0.3) is 0 Å². The average molecular weight is 184 g/mol. The Kier molecular flexibility index (Phi) is 2.59. The number of carbonyl (C=O) groups excluding carboxylic acids is 2. The van der Waals surface area contributed by atoms with Crippen LogP contribution in [0, 0.1) is 11.3 Å². The maximum absolute atomic E-state index is 11.1. The molecule has 0 aromatic heterocycles. The number of rotatable bonds is 2. The van der Waals surface area contributed by atoms with E-state index in [0.29, 0.717) is 25.7 Å². The molecule has 4 nitrogen and oxygen atoms in total. The number of hydrogen-bond acceptors (Lipinski definition) is 2. The standard InChI is InChI=1S/C9H16N2O2/c1-9(8(11)13)4-2-6(3-5-9)7(10)12/h6H,2-5H2,1H3,(H2,10,12)(H2,11,13). The van der Waals surface area contributed by atoms with E-state index >= 15 is 0 Å². The molecule has 74 valence electrons. The molecule has 0 atom stereocenters. The number of amides is 2. The van der Waals surface area contributed by atoms with Gasteiger partial charge in [-0.25, -0.2) is 0 Å². The van der Waals surface area contributed by atoms with Gasteiger partial charge in [-0.3, -0.25) is 9.59 Å². The lowest BCUT2D eigenvalue weighted by Crippen LogP contribution is -2.40. The second-order valence-corrected chi connectivity index (χ2v) is 4.10. The van der Waals surface area contributed by atoms with Crippen LogP contribution in [0.1, 0.15) is 32.6 Å². The van der Waals surface area contributed by atoms with Gasteiger partial charge in [0.1, 0.15) is 0 Å². The van der Waals surface area contributed by atoms with Crippen molar-refractivity contribution in [3.63, 3.8) is 0 Å². The summed E-state index contributed by atoms with van der Waals surface area (Å²) in [6.07, 6.45) is 2.73. The van der Waals surface area contributed by atoms with Crippen molar-refractivity contribution in [3.8, 4) is 0 Å². The number of hydrogen-bond donors (Lipinski definition) is 2. The summed E-state index contributed by atoms with van der Waals surface area (Å²) in [5, 5.41) is 0. The predicted octanol–water partition coefficient (Wildman–Crippen LogP) is 0.153. The van der Waals surface area contributed by atoms with Crippen molar-refractivity contribution < 1.29 is 9.59 Å². The summed E-state index contributed by atoms with van der Waals surface area (Å²) < 4.78 is 0. The number of nitrogens with two attached hydrogens (primary N) is 2. The molecule has 0 aliphatic heterocycles. The maximum Gasteiger partial charge on any atom is 0.223 e. The quantitative estimate of drug-likeness (QED) is 0.640. The molecule has 4 N–H and O–H groups in total. The normalized spacial score (nSPS) is 34.1. The Morgan fingerprint density at radius 1 is 1.23 bits per heavy atom. The van der Waals surface area contributed by atoms with Gasteiger partial charge in [0.05, 0.1) is 0 Å². The summed E-state index contributed by atoms with van der Waals surface area (Å²) in [5.74, 6) is -0.589. The Bertz CT molecular complexity index is 230. The van der Waals surface area contributed by atoms with Crippen LogP contribution in [0.3, 0.4) is 0 Å². The summed E-state index contributed by atoms with van der Waals surface area (Å²) in [6, 6.07) is 0. The van der Waals surface area contributed by atoms with Gasteiger partial charge in [-0.05, 0) is 25.7 Å². The van der Waals surface area contributed by atoms with Crippen molar-refractivity contribution in [2.45, 2.75) is 32.6 Å². The molecule has 0 aromatic rings. The lowest BCUT2D eigenvalue weighted by atomic mass is 9.71. The van der Waals surface area contributed by atoms with Gasteiger partial charge >= 0.3 is 0 Å². The lowest BCUT2D eigenvalue weighted by molar-refractivity contribution is -0.132. The topological polar surface area (TPSA) is 86.2 Å².